The van der Waals surface area contributed by atoms with Gasteiger partial charge in [-0.15, -0.1) is 0 Å². The second-order valence-corrected chi connectivity index (χ2v) is 3.80. The van der Waals surface area contributed by atoms with E-state index in [1.807, 2.05) is 18.2 Å². The molecule has 4 N–H and O–H groups in total. The highest BCUT2D eigenvalue weighted by atomic mass is 16.5. The number of benzene rings is 1. The van der Waals surface area contributed by atoms with Gasteiger partial charge in [-0.25, -0.2) is 10.9 Å². The monoisotopic (exact) mass is 223 g/mol. The fourth-order valence-electron chi connectivity index (χ4n) is 1.87. The van der Waals surface area contributed by atoms with Crippen LogP contribution in [0.15, 0.2) is 18.2 Å². The Bertz CT molecular complexity index is 370. The minimum atomic E-state index is -0.00176. The maximum absolute atomic E-state index is 5.76. The predicted octanol–water partition coefficient (Wildman–Crippen LogP) is 0.528. The Morgan fingerprint density at radius 2 is 1.94 bits per heavy atom. The van der Waals surface area contributed by atoms with Gasteiger partial charge in [0.15, 0.2) is 11.5 Å². The van der Waals surface area contributed by atoms with E-state index in [0.29, 0.717) is 0 Å². The van der Waals surface area contributed by atoms with E-state index < -0.39 is 0 Å². The van der Waals surface area contributed by atoms with Gasteiger partial charge < -0.3 is 15.2 Å². The van der Waals surface area contributed by atoms with Crippen molar-refractivity contribution in [2.75, 3.05) is 14.2 Å². The van der Waals surface area contributed by atoms with E-state index in [4.69, 9.17) is 15.2 Å². The van der Waals surface area contributed by atoms with Gasteiger partial charge >= 0.3 is 0 Å². The number of hydrogen-bond donors (Lipinski definition) is 3. The number of rotatable bonds is 3. The third kappa shape index (κ3) is 2.11. The molecule has 16 heavy (non-hydrogen) atoms. The molecule has 0 spiro atoms. The average molecular weight is 223 g/mol. The summed E-state index contributed by atoms with van der Waals surface area (Å²) in [5.41, 5.74) is 13.0. The Balaban J connectivity index is 2.22. The van der Waals surface area contributed by atoms with Crippen LogP contribution in [0.25, 0.3) is 0 Å². The number of methoxy groups -OCH3 is 2. The smallest absolute Gasteiger partial charge is 0.161 e. The van der Waals surface area contributed by atoms with Gasteiger partial charge in [-0.3, -0.25) is 0 Å². The molecule has 1 aliphatic rings. The third-order valence-corrected chi connectivity index (χ3v) is 2.74. The third-order valence-electron chi connectivity index (χ3n) is 2.74. The highest BCUT2D eigenvalue weighted by molar-refractivity contribution is 5.43. The summed E-state index contributed by atoms with van der Waals surface area (Å²) in [4.78, 5) is 0. The molecule has 1 aromatic carbocycles. The van der Waals surface area contributed by atoms with Crippen LogP contribution in [0, 0.1) is 0 Å². The molecule has 1 heterocycles. The molecule has 1 aliphatic heterocycles. The highest BCUT2D eigenvalue weighted by Crippen LogP contribution is 2.31. The maximum Gasteiger partial charge on any atom is 0.161 e. The van der Waals surface area contributed by atoms with Gasteiger partial charge in [0.1, 0.15) is 0 Å². The van der Waals surface area contributed by atoms with E-state index >= 15 is 0 Å². The number of nitrogens with one attached hydrogen (secondary N) is 2. The molecule has 5 nitrogen and oxygen atoms in total. The van der Waals surface area contributed by atoms with Crippen LogP contribution in [0.5, 0.6) is 11.5 Å². The van der Waals surface area contributed by atoms with Gasteiger partial charge in [0.2, 0.25) is 0 Å². The summed E-state index contributed by atoms with van der Waals surface area (Å²) in [7, 11) is 3.26. The van der Waals surface area contributed by atoms with Crippen LogP contribution in [0.1, 0.15) is 18.0 Å². The van der Waals surface area contributed by atoms with Crippen LogP contribution < -0.4 is 26.1 Å². The van der Waals surface area contributed by atoms with Crippen LogP contribution in [0.3, 0.4) is 0 Å². The molecule has 5 heteroatoms. The van der Waals surface area contributed by atoms with Crippen molar-refractivity contribution in [2.45, 2.75) is 18.6 Å². The molecule has 1 saturated heterocycles. The fraction of sp³-hybridized carbons (Fsp3) is 0.455. The predicted molar refractivity (Wildman–Crippen MR) is 61.2 cm³/mol. The Morgan fingerprint density at radius 3 is 2.50 bits per heavy atom. The SMILES string of the molecule is COc1ccc(C2CC(N)NN2)cc1OC. The minimum absolute atomic E-state index is 0.00176. The number of nitrogens with two attached hydrogens (primary N) is 1. The standard InChI is InChI=1S/C11H17N3O2/c1-15-9-4-3-7(5-10(9)16-2)8-6-11(12)14-13-8/h3-5,8,11,13-14H,6,12H2,1-2H3. The van der Waals surface area contributed by atoms with Crippen molar-refractivity contribution in [3.8, 4) is 11.5 Å². The van der Waals surface area contributed by atoms with Crippen LogP contribution in [0.2, 0.25) is 0 Å². The van der Waals surface area contributed by atoms with E-state index in [1.165, 1.54) is 0 Å². The first kappa shape index (κ1) is 11.2. The summed E-state index contributed by atoms with van der Waals surface area (Å²) in [6.45, 7) is 0. The van der Waals surface area contributed by atoms with Crippen molar-refractivity contribution in [3.63, 3.8) is 0 Å². The summed E-state index contributed by atoms with van der Waals surface area (Å²) >= 11 is 0. The second-order valence-electron chi connectivity index (χ2n) is 3.80. The van der Waals surface area contributed by atoms with Crippen molar-refractivity contribution in [3.05, 3.63) is 23.8 Å². The van der Waals surface area contributed by atoms with Gasteiger partial charge in [0.25, 0.3) is 0 Å². The molecular weight excluding hydrogens is 206 g/mol. The summed E-state index contributed by atoms with van der Waals surface area (Å²) in [6.07, 6.45) is 0.855. The highest BCUT2D eigenvalue weighted by Gasteiger charge is 2.22. The average Bonchev–Trinajstić information content (AvgIpc) is 2.75. The van der Waals surface area contributed by atoms with Crippen molar-refractivity contribution < 1.29 is 9.47 Å². The minimum Gasteiger partial charge on any atom is -0.493 e. The molecule has 2 atom stereocenters. The molecule has 0 amide bonds. The van der Waals surface area contributed by atoms with Gasteiger partial charge in [-0.2, -0.15) is 0 Å². The lowest BCUT2D eigenvalue weighted by atomic mass is 10.0. The van der Waals surface area contributed by atoms with E-state index in [1.54, 1.807) is 14.2 Å². The Morgan fingerprint density at radius 1 is 1.19 bits per heavy atom. The molecule has 0 radical (unpaired) electrons. The van der Waals surface area contributed by atoms with Crippen molar-refractivity contribution in [2.24, 2.45) is 5.73 Å². The molecule has 0 aliphatic carbocycles. The summed E-state index contributed by atoms with van der Waals surface area (Å²) < 4.78 is 10.4. The quantitative estimate of drug-likeness (QED) is 0.697. The molecule has 0 bridgehead atoms. The topological polar surface area (TPSA) is 68.5 Å². The first-order chi connectivity index (χ1) is 7.74. The van der Waals surface area contributed by atoms with Crippen LogP contribution in [0.4, 0.5) is 0 Å². The summed E-state index contributed by atoms with van der Waals surface area (Å²) in [5.74, 6) is 1.48. The lowest BCUT2D eigenvalue weighted by Gasteiger charge is -2.13. The molecule has 2 rings (SSSR count). The zero-order chi connectivity index (χ0) is 11.5. The maximum atomic E-state index is 5.76. The molecule has 0 saturated carbocycles. The zero-order valence-electron chi connectivity index (χ0n) is 9.49. The van der Waals surface area contributed by atoms with Gasteiger partial charge in [0, 0.05) is 6.04 Å². The molecule has 88 valence electrons. The van der Waals surface area contributed by atoms with E-state index in [2.05, 4.69) is 10.9 Å². The molecule has 2 unspecified atom stereocenters. The molecule has 1 aromatic rings. The van der Waals surface area contributed by atoms with Gasteiger partial charge in [-0.05, 0) is 24.1 Å². The summed E-state index contributed by atoms with van der Waals surface area (Å²) in [6, 6.07) is 6.10. The van der Waals surface area contributed by atoms with E-state index in [-0.39, 0.29) is 12.2 Å². The second kappa shape index (κ2) is 4.69. The zero-order valence-corrected chi connectivity index (χ0v) is 9.49. The fourth-order valence-corrected chi connectivity index (χ4v) is 1.87. The lowest BCUT2D eigenvalue weighted by Crippen LogP contribution is -2.36. The summed E-state index contributed by atoms with van der Waals surface area (Å²) in [5, 5.41) is 0. The Labute approximate surface area is 94.9 Å². The Hall–Kier alpha value is -1.30. The van der Waals surface area contributed by atoms with Crippen molar-refractivity contribution in [1.82, 2.24) is 10.9 Å². The molecular formula is C11H17N3O2. The van der Waals surface area contributed by atoms with Crippen molar-refractivity contribution in [1.29, 1.82) is 0 Å². The largest absolute Gasteiger partial charge is 0.493 e. The number of hydrogen-bond acceptors (Lipinski definition) is 5. The first-order valence-corrected chi connectivity index (χ1v) is 5.23. The van der Waals surface area contributed by atoms with Gasteiger partial charge in [0.05, 0.1) is 20.4 Å². The first-order valence-electron chi connectivity index (χ1n) is 5.23. The van der Waals surface area contributed by atoms with E-state index in [0.717, 1.165) is 23.5 Å². The normalized spacial score (nSPS) is 24.4. The Kier molecular flexibility index (Phi) is 3.28. The van der Waals surface area contributed by atoms with Gasteiger partial charge in [-0.1, -0.05) is 6.07 Å². The van der Waals surface area contributed by atoms with Crippen LogP contribution in [-0.4, -0.2) is 20.4 Å². The number of ether oxygens (including phenoxy) is 2. The number of hydrazine groups is 1. The van der Waals surface area contributed by atoms with Crippen molar-refractivity contribution >= 4 is 0 Å². The lowest BCUT2D eigenvalue weighted by molar-refractivity contribution is 0.354. The van der Waals surface area contributed by atoms with Crippen LogP contribution >= 0.6 is 0 Å². The van der Waals surface area contributed by atoms with E-state index in [9.17, 15) is 0 Å². The van der Waals surface area contributed by atoms with Crippen LogP contribution in [-0.2, 0) is 0 Å². The molecule has 1 fully saturated rings. The molecule has 0 aromatic heterocycles.